The molecular weight excluding hydrogens is 745 g/mol. The summed E-state index contributed by atoms with van der Waals surface area (Å²) in [6.07, 6.45) is -4.03. The highest BCUT2D eigenvalue weighted by Gasteiger charge is 2.56. The fraction of sp³-hybridized carbons (Fsp3) is 0.535. The average molecular weight is 801 g/mol. The Balaban J connectivity index is 1.20. The number of hydrogen-bond acceptors (Lipinski definition) is 10. The quantitative estimate of drug-likeness (QED) is 0.0491. The van der Waals surface area contributed by atoms with E-state index in [1.165, 1.54) is 0 Å². The van der Waals surface area contributed by atoms with Gasteiger partial charge in [0.15, 0.2) is 26.4 Å². The molecule has 57 heavy (non-hydrogen) atoms. The Kier molecular flexibility index (Phi) is 13.5. The van der Waals surface area contributed by atoms with Crippen LogP contribution >= 0.6 is 0 Å². The molecule has 14 heteroatoms. The van der Waals surface area contributed by atoms with Gasteiger partial charge in [-0.2, -0.15) is 0 Å². The number of fused-ring (bicyclic) bond motifs is 4. The summed E-state index contributed by atoms with van der Waals surface area (Å²) in [5.74, 6) is -1.94. The van der Waals surface area contributed by atoms with Crippen molar-refractivity contribution in [3.8, 4) is 11.1 Å². The second kappa shape index (κ2) is 18.1. The topological polar surface area (TPSA) is 160 Å². The minimum atomic E-state index is -2.33. The van der Waals surface area contributed by atoms with Crippen LogP contribution in [0.25, 0.3) is 21.6 Å². The van der Waals surface area contributed by atoms with E-state index < -0.39 is 69.5 Å². The van der Waals surface area contributed by atoms with Crippen molar-refractivity contribution in [1.82, 2.24) is 5.32 Å². The highest BCUT2D eigenvalue weighted by Crippen LogP contribution is 2.46. The van der Waals surface area contributed by atoms with Crippen LogP contribution in [0.2, 0.25) is 16.6 Å². The molecule has 6 atom stereocenters. The van der Waals surface area contributed by atoms with Crippen LogP contribution in [0.15, 0.2) is 84.0 Å². The SMILES string of the molecule is CC(C)[Si](OCC1O[C@H](OC[C@H](NC(=O)OCC2c3ccccc3-c3ccccc32)C(=O)OCc2ccccc2)C(N=[N+]=[N-])[C@H]2OC(C)(C)O[C@@H]12)(C(C)C)C(C)C. The summed E-state index contributed by atoms with van der Waals surface area (Å²) in [6.45, 7) is 16.7. The van der Waals surface area contributed by atoms with Crippen molar-refractivity contribution in [2.45, 2.75) is 127 Å². The molecule has 6 rings (SSSR count). The molecule has 2 unspecified atom stereocenters. The van der Waals surface area contributed by atoms with E-state index >= 15 is 0 Å². The van der Waals surface area contributed by atoms with Crippen LogP contribution in [0, 0.1) is 0 Å². The first-order valence-electron chi connectivity index (χ1n) is 19.9. The molecule has 13 nitrogen and oxygen atoms in total. The maximum atomic E-state index is 13.7. The number of nitrogens with zero attached hydrogens (tertiary/aromatic N) is 3. The van der Waals surface area contributed by atoms with E-state index in [2.05, 4.69) is 69.0 Å². The first-order chi connectivity index (χ1) is 27.3. The van der Waals surface area contributed by atoms with E-state index in [0.717, 1.165) is 27.8 Å². The van der Waals surface area contributed by atoms with Crippen molar-refractivity contribution in [2.75, 3.05) is 19.8 Å². The maximum Gasteiger partial charge on any atom is 0.407 e. The molecule has 3 aromatic rings. The largest absolute Gasteiger partial charge is 0.459 e. The third-order valence-corrected chi connectivity index (χ3v) is 17.5. The lowest BCUT2D eigenvalue weighted by Crippen LogP contribution is -2.59. The molecule has 0 saturated carbocycles. The van der Waals surface area contributed by atoms with Gasteiger partial charge in [-0.05, 0) is 63.8 Å². The van der Waals surface area contributed by atoms with E-state index in [1.54, 1.807) is 13.8 Å². The van der Waals surface area contributed by atoms with E-state index in [0.29, 0.717) is 16.6 Å². The summed E-state index contributed by atoms with van der Waals surface area (Å²) in [5, 5.41) is 6.71. The Labute approximate surface area is 336 Å². The fourth-order valence-corrected chi connectivity index (χ4v) is 14.5. The van der Waals surface area contributed by atoms with Gasteiger partial charge in [-0.15, -0.1) is 0 Å². The Morgan fingerprint density at radius 1 is 0.825 bits per heavy atom. The minimum absolute atomic E-state index is 0.0273. The summed E-state index contributed by atoms with van der Waals surface area (Å²) in [7, 11) is -2.33. The van der Waals surface area contributed by atoms with Crippen molar-refractivity contribution in [3.63, 3.8) is 0 Å². The summed E-state index contributed by atoms with van der Waals surface area (Å²) in [4.78, 5) is 30.3. The van der Waals surface area contributed by atoms with Gasteiger partial charge in [0.25, 0.3) is 0 Å². The van der Waals surface area contributed by atoms with E-state index in [1.807, 2.05) is 66.7 Å². The van der Waals surface area contributed by atoms with Crippen molar-refractivity contribution in [2.24, 2.45) is 5.11 Å². The molecule has 2 heterocycles. The molecule has 1 aliphatic carbocycles. The van der Waals surface area contributed by atoms with Crippen LogP contribution in [0.1, 0.15) is 78.0 Å². The number of rotatable bonds is 16. The van der Waals surface area contributed by atoms with Crippen LogP contribution in [0.4, 0.5) is 4.79 Å². The highest BCUT2D eigenvalue weighted by atomic mass is 28.4. The summed E-state index contributed by atoms with van der Waals surface area (Å²) in [6, 6.07) is 23.0. The molecule has 0 spiro atoms. The second-order valence-electron chi connectivity index (χ2n) is 16.4. The minimum Gasteiger partial charge on any atom is -0.459 e. The Morgan fingerprint density at radius 2 is 1.40 bits per heavy atom. The number of benzene rings is 3. The number of ether oxygens (including phenoxy) is 6. The molecule has 0 bridgehead atoms. The molecule has 2 fully saturated rings. The van der Waals surface area contributed by atoms with Gasteiger partial charge in [-0.3, -0.25) is 0 Å². The summed E-state index contributed by atoms with van der Waals surface area (Å²) >= 11 is 0. The monoisotopic (exact) mass is 800 g/mol. The second-order valence-corrected chi connectivity index (χ2v) is 21.8. The molecule has 1 N–H and O–H groups in total. The highest BCUT2D eigenvalue weighted by molar-refractivity contribution is 6.77. The standard InChI is InChI=1S/C43H56N4O9Si/c1-26(2)57(27(3)4,28(5)6)53-25-36-38-39(56-43(7,8)55-38)37(46-47-44)41(54-36)51-24-35(40(48)50-22-29-16-10-9-11-17-29)45-42(49)52-23-34-32-20-14-12-18-30(32)31-19-13-15-21-33(31)34/h9-21,26-28,34-39,41H,22-25H2,1-8H3,(H,45,49)/t35-,36?,37?,38-,39+,41-/m0/s1. The third kappa shape index (κ3) is 9.23. The lowest BCUT2D eigenvalue weighted by Gasteiger charge is -2.45. The van der Waals surface area contributed by atoms with Gasteiger partial charge in [0.05, 0.1) is 13.2 Å². The van der Waals surface area contributed by atoms with Gasteiger partial charge in [0.1, 0.15) is 37.6 Å². The van der Waals surface area contributed by atoms with Gasteiger partial charge < -0.3 is 38.2 Å². The van der Waals surface area contributed by atoms with Gasteiger partial charge in [0, 0.05) is 10.8 Å². The molecular formula is C43H56N4O9Si. The number of esters is 1. The predicted octanol–water partition coefficient (Wildman–Crippen LogP) is 8.77. The van der Waals surface area contributed by atoms with Gasteiger partial charge in [-0.25, -0.2) is 9.59 Å². The molecule has 3 aliphatic rings. The number of carbonyl (C=O) groups excluding carboxylic acids is 2. The van der Waals surface area contributed by atoms with Crippen LogP contribution in [0.3, 0.4) is 0 Å². The van der Waals surface area contributed by atoms with Crippen LogP contribution in [-0.2, 0) is 44.2 Å². The van der Waals surface area contributed by atoms with E-state index in [9.17, 15) is 15.1 Å². The first kappa shape index (κ1) is 42.3. The zero-order valence-corrected chi connectivity index (χ0v) is 35.1. The number of alkyl carbamates (subject to hydrolysis) is 1. The zero-order valence-electron chi connectivity index (χ0n) is 34.1. The van der Waals surface area contributed by atoms with Gasteiger partial charge >= 0.3 is 12.1 Å². The van der Waals surface area contributed by atoms with Crippen molar-refractivity contribution in [1.29, 1.82) is 0 Å². The van der Waals surface area contributed by atoms with Crippen molar-refractivity contribution >= 4 is 20.4 Å². The maximum absolute atomic E-state index is 13.7. The van der Waals surface area contributed by atoms with Gasteiger partial charge in [0.2, 0.25) is 0 Å². The molecule has 2 saturated heterocycles. The molecule has 2 aliphatic heterocycles. The number of azide groups is 1. The number of carbonyl (C=O) groups is 2. The van der Waals surface area contributed by atoms with Gasteiger partial charge in [-0.1, -0.05) is 126 Å². The van der Waals surface area contributed by atoms with Crippen LogP contribution in [0.5, 0.6) is 0 Å². The van der Waals surface area contributed by atoms with E-state index in [4.69, 9.17) is 32.8 Å². The summed E-state index contributed by atoms with van der Waals surface area (Å²) in [5.41, 5.74) is 15.7. The van der Waals surface area contributed by atoms with Crippen molar-refractivity contribution < 1.29 is 42.4 Å². The number of amides is 1. The Hall–Kier alpha value is -4.27. The van der Waals surface area contributed by atoms with E-state index in [-0.39, 0.29) is 25.7 Å². The molecule has 306 valence electrons. The van der Waals surface area contributed by atoms with Crippen LogP contribution in [-0.4, -0.2) is 82.7 Å². The van der Waals surface area contributed by atoms with Crippen LogP contribution < -0.4 is 5.32 Å². The predicted molar refractivity (Wildman–Crippen MR) is 217 cm³/mol. The summed E-state index contributed by atoms with van der Waals surface area (Å²) < 4.78 is 43.9. The normalized spacial score (nSPS) is 23.0. The lowest BCUT2D eigenvalue weighted by atomic mass is 9.98. The van der Waals surface area contributed by atoms with Crippen molar-refractivity contribution in [3.05, 3.63) is 106 Å². The molecule has 1 amide bonds. The lowest BCUT2D eigenvalue weighted by molar-refractivity contribution is -0.247. The third-order valence-electron chi connectivity index (χ3n) is 11.4. The number of nitrogens with one attached hydrogen (secondary N) is 1. The Morgan fingerprint density at radius 3 is 2.00 bits per heavy atom. The number of hydrogen-bond donors (Lipinski definition) is 1. The fourth-order valence-electron chi connectivity index (χ4n) is 9.00. The molecule has 3 aromatic carbocycles. The Bertz CT molecular complexity index is 1840. The zero-order chi connectivity index (χ0) is 40.9. The average Bonchev–Trinajstić information content (AvgIpc) is 3.69. The molecule has 0 radical (unpaired) electrons. The first-order valence-corrected chi connectivity index (χ1v) is 22.0. The smallest absolute Gasteiger partial charge is 0.407 e. The molecule has 0 aromatic heterocycles.